The quantitative estimate of drug-likeness (QED) is 0.753. The summed E-state index contributed by atoms with van der Waals surface area (Å²) in [6, 6.07) is -0.132. The number of nitrogens with zero attached hydrogens (tertiary/aromatic N) is 2. The first-order chi connectivity index (χ1) is 8.51. The summed E-state index contributed by atoms with van der Waals surface area (Å²) in [6.45, 7) is 6.78. The maximum absolute atomic E-state index is 12.3. The molecule has 0 saturated carbocycles. The Bertz CT molecular complexity index is 399. The van der Waals surface area contributed by atoms with Crippen molar-refractivity contribution in [3.8, 4) is 5.75 Å². The van der Waals surface area contributed by atoms with Crippen LogP contribution in [-0.4, -0.2) is 28.7 Å². The number of carbonyl (C=O) groups is 1. The summed E-state index contributed by atoms with van der Waals surface area (Å²) < 4.78 is 6.89. The summed E-state index contributed by atoms with van der Waals surface area (Å²) in [6.07, 6.45) is 2.83. The average Bonchev–Trinajstić information content (AvgIpc) is 2.72. The monoisotopic (exact) mass is 253 g/mol. The van der Waals surface area contributed by atoms with E-state index in [0.717, 1.165) is 6.42 Å². The van der Waals surface area contributed by atoms with Gasteiger partial charge in [-0.25, -0.2) is 0 Å². The Morgan fingerprint density at radius 2 is 2.22 bits per heavy atom. The lowest BCUT2D eigenvalue weighted by Crippen LogP contribution is -2.30. The van der Waals surface area contributed by atoms with Crippen LogP contribution in [0.5, 0.6) is 5.75 Å². The summed E-state index contributed by atoms with van der Waals surface area (Å²) in [7, 11) is 1.55. The molecule has 0 fully saturated rings. The van der Waals surface area contributed by atoms with Crippen LogP contribution in [0.15, 0.2) is 6.20 Å². The molecule has 2 N–H and O–H groups in total. The Labute approximate surface area is 108 Å². The van der Waals surface area contributed by atoms with Crippen LogP contribution in [0.4, 0.5) is 0 Å². The topological polar surface area (TPSA) is 70.1 Å². The van der Waals surface area contributed by atoms with E-state index in [1.807, 2.05) is 20.8 Å². The van der Waals surface area contributed by atoms with Gasteiger partial charge in [0.25, 0.3) is 0 Å². The first-order valence-electron chi connectivity index (χ1n) is 6.39. The molecular formula is C13H23N3O2. The van der Waals surface area contributed by atoms with E-state index in [0.29, 0.717) is 24.4 Å². The summed E-state index contributed by atoms with van der Waals surface area (Å²) in [5.41, 5.74) is 6.49. The number of carbonyl (C=O) groups excluding carboxylic acids is 1. The lowest BCUT2D eigenvalue weighted by atomic mass is 9.98. The van der Waals surface area contributed by atoms with Gasteiger partial charge in [0, 0.05) is 19.0 Å². The van der Waals surface area contributed by atoms with E-state index in [-0.39, 0.29) is 17.7 Å². The molecule has 1 aromatic heterocycles. The van der Waals surface area contributed by atoms with Crippen LogP contribution in [0.2, 0.25) is 0 Å². The zero-order valence-corrected chi connectivity index (χ0v) is 11.6. The molecule has 1 aromatic rings. The van der Waals surface area contributed by atoms with Crippen molar-refractivity contribution in [2.45, 2.75) is 46.2 Å². The molecule has 1 atom stereocenters. The molecule has 5 nitrogen and oxygen atoms in total. The third-order valence-electron chi connectivity index (χ3n) is 3.00. The Morgan fingerprint density at radius 3 is 2.72 bits per heavy atom. The van der Waals surface area contributed by atoms with E-state index < -0.39 is 0 Å². The minimum absolute atomic E-state index is 0.000926. The van der Waals surface area contributed by atoms with Gasteiger partial charge in [0.05, 0.1) is 13.3 Å². The standard InChI is InChI=1S/C13H23N3O2/c1-5-6-16-13(12(18-4)8-15-16)11(17)7-10(14)9(2)3/h8-10H,5-7,14H2,1-4H3. The Hall–Kier alpha value is -1.36. The SMILES string of the molecule is CCCn1ncc(OC)c1C(=O)CC(N)C(C)C. The van der Waals surface area contributed by atoms with Crippen LogP contribution in [0.25, 0.3) is 0 Å². The molecule has 0 aliphatic heterocycles. The molecule has 1 unspecified atom stereocenters. The van der Waals surface area contributed by atoms with Gasteiger partial charge in [0.1, 0.15) is 5.69 Å². The summed E-state index contributed by atoms with van der Waals surface area (Å²) in [5, 5.41) is 4.18. The van der Waals surface area contributed by atoms with Crippen LogP contribution in [0, 0.1) is 5.92 Å². The Kier molecular flexibility index (Phi) is 5.34. The Morgan fingerprint density at radius 1 is 1.56 bits per heavy atom. The largest absolute Gasteiger partial charge is 0.493 e. The van der Waals surface area contributed by atoms with Crippen molar-refractivity contribution in [2.75, 3.05) is 7.11 Å². The van der Waals surface area contributed by atoms with Crippen LogP contribution >= 0.6 is 0 Å². The summed E-state index contributed by atoms with van der Waals surface area (Å²) in [5.74, 6) is 0.811. The molecule has 0 aromatic carbocycles. The Balaban J connectivity index is 2.92. The average molecular weight is 253 g/mol. The van der Waals surface area contributed by atoms with E-state index in [2.05, 4.69) is 5.10 Å². The van der Waals surface area contributed by atoms with E-state index in [4.69, 9.17) is 10.5 Å². The lowest BCUT2D eigenvalue weighted by molar-refractivity contribution is 0.0953. The number of rotatable bonds is 7. The van der Waals surface area contributed by atoms with Gasteiger partial charge in [-0.1, -0.05) is 20.8 Å². The lowest BCUT2D eigenvalue weighted by Gasteiger charge is -2.15. The molecule has 0 aliphatic carbocycles. The van der Waals surface area contributed by atoms with Crippen molar-refractivity contribution in [3.05, 3.63) is 11.9 Å². The molecule has 0 amide bonds. The zero-order chi connectivity index (χ0) is 13.7. The molecular weight excluding hydrogens is 230 g/mol. The molecule has 1 rings (SSSR count). The number of aromatic nitrogens is 2. The molecule has 0 aliphatic rings. The number of aryl methyl sites for hydroxylation is 1. The second kappa shape index (κ2) is 6.54. The van der Waals surface area contributed by atoms with Crippen LogP contribution in [0.1, 0.15) is 44.1 Å². The molecule has 0 saturated heterocycles. The van der Waals surface area contributed by atoms with E-state index in [1.165, 1.54) is 0 Å². The van der Waals surface area contributed by atoms with Crippen molar-refractivity contribution >= 4 is 5.78 Å². The predicted molar refractivity (Wildman–Crippen MR) is 70.8 cm³/mol. The molecule has 5 heteroatoms. The van der Waals surface area contributed by atoms with Crippen LogP contribution in [0.3, 0.4) is 0 Å². The van der Waals surface area contributed by atoms with Gasteiger partial charge in [-0.15, -0.1) is 0 Å². The number of ketones is 1. The number of methoxy groups -OCH3 is 1. The van der Waals surface area contributed by atoms with Gasteiger partial charge >= 0.3 is 0 Å². The first kappa shape index (κ1) is 14.7. The molecule has 0 bridgehead atoms. The third-order valence-corrected chi connectivity index (χ3v) is 3.00. The highest BCUT2D eigenvalue weighted by atomic mass is 16.5. The number of ether oxygens (including phenoxy) is 1. The van der Waals surface area contributed by atoms with Gasteiger partial charge in [-0.3, -0.25) is 9.48 Å². The first-order valence-corrected chi connectivity index (χ1v) is 6.39. The minimum atomic E-state index is -0.132. The number of hydrogen-bond acceptors (Lipinski definition) is 4. The van der Waals surface area contributed by atoms with E-state index in [9.17, 15) is 4.79 Å². The molecule has 102 valence electrons. The number of Topliss-reactive ketones (excluding diaryl/α,β-unsaturated/α-hetero) is 1. The van der Waals surface area contributed by atoms with Crippen molar-refractivity contribution in [1.82, 2.24) is 9.78 Å². The van der Waals surface area contributed by atoms with E-state index in [1.54, 1.807) is 18.0 Å². The van der Waals surface area contributed by atoms with Crippen LogP contribution in [-0.2, 0) is 6.54 Å². The highest BCUT2D eigenvalue weighted by Crippen LogP contribution is 2.21. The maximum atomic E-state index is 12.3. The number of hydrogen-bond donors (Lipinski definition) is 1. The predicted octanol–water partition coefficient (Wildman–Crippen LogP) is 1.86. The van der Waals surface area contributed by atoms with Gasteiger partial charge in [-0.05, 0) is 12.3 Å². The second-order valence-electron chi connectivity index (χ2n) is 4.82. The van der Waals surface area contributed by atoms with Crippen molar-refractivity contribution < 1.29 is 9.53 Å². The fourth-order valence-corrected chi connectivity index (χ4v) is 1.73. The smallest absolute Gasteiger partial charge is 0.186 e. The van der Waals surface area contributed by atoms with Gasteiger partial charge in [0.2, 0.25) is 0 Å². The minimum Gasteiger partial charge on any atom is -0.493 e. The van der Waals surface area contributed by atoms with Gasteiger partial charge in [-0.2, -0.15) is 5.10 Å². The van der Waals surface area contributed by atoms with Crippen molar-refractivity contribution in [2.24, 2.45) is 11.7 Å². The van der Waals surface area contributed by atoms with E-state index >= 15 is 0 Å². The number of nitrogens with two attached hydrogens (primary N) is 1. The summed E-state index contributed by atoms with van der Waals surface area (Å²) in [4.78, 5) is 12.3. The molecule has 1 heterocycles. The second-order valence-corrected chi connectivity index (χ2v) is 4.82. The molecule has 0 radical (unpaired) electrons. The maximum Gasteiger partial charge on any atom is 0.186 e. The highest BCUT2D eigenvalue weighted by molar-refractivity contribution is 5.97. The van der Waals surface area contributed by atoms with Crippen molar-refractivity contribution in [3.63, 3.8) is 0 Å². The fourth-order valence-electron chi connectivity index (χ4n) is 1.73. The van der Waals surface area contributed by atoms with Crippen LogP contribution < -0.4 is 10.5 Å². The zero-order valence-electron chi connectivity index (χ0n) is 11.6. The summed E-state index contributed by atoms with van der Waals surface area (Å²) >= 11 is 0. The molecule has 0 spiro atoms. The fraction of sp³-hybridized carbons (Fsp3) is 0.692. The normalized spacial score (nSPS) is 12.8. The van der Waals surface area contributed by atoms with Gasteiger partial charge < -0.3 is 10.5 Å². The molecule has 18 heavy (non-hydrogen) atoms. The highest BCUT2D eigenvalue weighted by Gasteiger charge is 2.22. The third kappa shape index (κ3) is 3.32. The van der Waals surface area contributed by atoms with Gasteiger partial charge in [0.15, 0.2) is 11.5 Å². The van der Waals surface area contributed by atoms with Crippen molar-refractivity contribution in [1.29, 1.82) is 0 Å².